The molecular formula is C26H32N6O3. The van der Waals surface area contributed by atoms with E-state index >= 15 is 0 Å². The number of nitrogens with one attached hydrogen (secondary N) is 2. The van der Waals surface area contributed by atoms with Crippen molar-refractivity contribution in [3.8, 4) is 0 Å². The fraction of sp³-hybridized carbons (Fsp3) is 0.346. The minimum Gasteiger partial charge on any atom is -0.462 e. The highest BCUT2D eigenvalue weighted by atomic mass is 16.5. The number of nitrogen functional groups attached to an aromatic ring is 2. The maximum atomic E-state index is 13.5. The number of amides is 1. The number of carbonyl (C=O) groups excluding carboxylic acids is 2. The number of rotatable bonds is 7. The lowest BCUT2D eigenvalue weighted by Gasteiger charge is -2.27. The summed E-state index contributed by atoms with van der Waals surface area (Å²) in [5, 5.41) is 11.7. The molecule has 1 aliphatic rings. The van der Waals surface area contributed by atoms with Crippen LogP contribution in [0.1, 0.15) is 64.6 Å². The topological polar surface area (TPSA) is 162 Å². The number of fused-ring (bicyclic) bond motifs is 1. The van der Waals surface area contributed by atoms with Gasteiger partial charge in [0.25, 0.3) is 5.91 Å². The standard InChI is InChI=1S/C26H32N6O3/c1-2-35-26(34)16-5-3-15(4-6-16)14-32-21-13-17(24(29)30)7-12-20(21)22(28)23(32)25(33)31-19-10-8-18(27)9-11-19/h3-7,12-13,18-19H,2,8-11,14,27-28H2,1H3,(H3,29,30)(H,31,33)/t18-,19-. The van der Waals surface area contributed by atoms with Crippen LogP contribution < -0.4 is 22.5 Å². The van der Waals surface area contributed by atoms with Gasteiger partial charge in [0.05, 0.1) is 23.4 Å². The van der Waals surface area contributed by atoms with Gasteiger partial charge in [-0.1, -0.05) is 18.2 Å². The number of ether oxygens (including phenoxy) is 1. The third-order valence-electron chi connectivity index (χ3n) is 6.54. The normalized spacial score (nSPS) is 17.8. The SMILES string of the molecule is CCOC(=O)c1ccc(Cn2c(C(=O)N[C@H]3CC[C@H](N)CC3)c(N)c3ccc(C(=N)N)cc32)cc1. The molecule has 0 radical (unpaired) electrons. The number of carbonyl (C=O) groups is 2. The number of aromatic nitrogens is 1. The van der Waals surface area contributed by atoms with Crippen molar-refractivity contribution in [1.82, 2.24) is 9.88 Å². The van der Waals surface area contributed by atoms with E-state index in [2.05, 4.69) is 5.32 Å². The number of nitrogens with two attached hydrogens (primary N) is 3. The van der Waals surface area contributed by atoms with Gasteiger partial charge in [-0.15, -0.1) is 0 Å². The zero-order chi connectivity index (χ0) is 25.1. The average Bonchev–Trinajstić information content (AvgIpc) is 3.12. The number of benzene rings is 2. The van der Waals surface area contributed by atoms with Gasteiger partial charge in [0.15, 0.2) is 0 Å². The molecule has 184 valence electrons. The van der Waals surface area contributed by atoms with Crippen molar-refractivity contribution in [3.63, 3.8) is 0 Å². The Morgan fingerprint density at radius 2 is 1.74 bits per heavy atom. The lowest BCUT2D eigenvalue weighted by atomic mass is 9.92. The van der Waals surface area contributed by atoms with Gasteiger partial charge in [-0.05, 0) is 62.4 Å². The quantitative estimate of drug-likeness (QED) is 0.200. The molecule has 0 atom stereocenters. The van der Waals surface area contributed by atoms with Gasteiger partial charge in [0.2, 0.25) is 0 Å². The molecule has 0 spiro atoms. The molecule has 8 N–H and O–H groups in total. The van der Waals surface area contributed by atoms with E-state index in [-0.39, 0.29) is 29.8 Å². The van der Waals surface area contributed by atoms with E-state index in [1.54, 1.807) is 37.3 Å². The summed E-state index contributed by atoms with van der Waals surface area (Å²) in [6.07, 6.45) is 3.41. The van der Waals surface area contributed by atoms with Crippen molar-refractivity contribution in [2.24, 2.45) is 11.5 Å². The zero-order valence-electron chi connectivity index (χ0n) is 19.8. The monoisotopic (exact) mass is 476 g/mol. The summed E-state index contributed by atoms with van der Waals surface area (Å²) < 4.78 is 6.91. The predicted molar refractivity (Wildman–Crippen MR) is 137 cm³/mol. The molecule has 0 aliphatic heterocycles. The lowest BCUT2D eigenvalue weighted by molar-refractivity contribution is 0.0526. The Morgan fingerprint density at radius 1 is 1.09 bits per heavy atom. The fourth-order valence-corrected chi connectivity index (χ4v) is 4.61. The van der Waals surface area contributed by atoms with Crippen LogP contribution >= 0.6 is 0 Å². The first kappa shape index (κ1) is 24.3. The van der Waals surface area contributed by atoms with Crippen LogP contribution in [0.2, 0.25) is 0 Å². The summed E-state index contributed by atoms with van der Waals surface area (Å²) in [6, 6.07) is 12.6. The molecule has 2 aromatic carbocycles. The van der Waals surface area contributed by atoms with Crippen LogP contribution in [0, 0.1) is 5.41 Å². The number of esters is 1. The van der Waals surface area contributed by atoms with E-state index in [0.29, 0.717) is 46.6 Å². The first-order chi connectivity index (χ1) is 16.8. The third kappa shape index (κ3) is 5.14. The van der Waals surface area contributed by atoms with Crippen molar-refractivity contribution in [2.75, 3.05) is 12.3 Å². The molecule has 1 aliphatic carbocycles. The summed E-state index contributed by atoms with van der Waals surface area (Å²) in [5.74, 6) is -0.693. The number of hydrogen-bond acceptors (Lipinski definition) is 6. The molecule has 1 fully saturated rings. The van der Waals surface area contributed by atoms with E-state index in [0.717, 1.165) is 31.2 Å². The Hall–Kier alpha value is -3.85. The molecule has 1 amide bonds. The van der Waals surface area contributed by atoms with E-state index in [1.165, 1.54) is 0 Å². The summed E-state index contributed by atoms with van der Waals surface area (Å²) >= 11 is 0. The van der Waals surface area contributed by atoms with E-state index in [9.17, 15) is 9.59 Å². The molecular weight excluding hydrogens is 444 g/mol. The largest absolute Gasteiger partial charge is 0.462 e. The maximum absolute atomic E-state index is 13.5. The average molecular weight is 477 g/mol. The van der Waals surface area contributed by atoms with E-state index < -0.39 is 0 Å². The van der Waals surface area contributed by atoms with Crippen LogP contribution in [-0.2, 0) is 11.3 Å². The number of anilines is 1. The Balaban J connectivity index is 1.71. The molecule has 0 bridgehead atoms. The Bertz CT molecular complexity index is 1260. The Labute approximate surface area is 204 Å². The highest BCUT2D eigenvalue weighted by Crippen LogP contribution is 2.31. The van der Waals surface area contributed by atoms with Gasteiger partial charge in [-0.25, -0.2) is 4.79 Å². The van der Waals surface area contributed by atoms with Crippen molar-refractivity contribution >= 4 is 34.3 Å². The molecule has 1 aromatic heterocycles. The molecule has 1 heterocycles. The molecule has 0 saturated heterocycles. The summed E-state index contributed by atoms with van der Waals surface area (Å²) in [4.78, 5) is 25.5. The van der Waals surface area contributed by atoms with E-state index in [4.69, 9.17) is 27.3 Å². The molecule has 0 unspecified atom stereocenters. The van der Waals surface area contributed by atoms with Crippen molar-refractivity contribution < 1.29 is 14.3 Å². The Morgan fingerprint density at radius 3 is 2.37 bits per heavy atom. The van der Waals surface area contributed by atoms with Crippen LogP contribution in [0.15, 0.2) is 42.5 Å². The molecule has 9 nitrogen and oxygen atoms in total. The summed E-state index contributed by atoms with van der Waals surface area (Å²) in [5.41, 5.74) is 21.6. The lowest BCUT2D eigenvalue weighted by Crippen LogP contribution is -2.41. The van der Waals surface area contributed by atoms with Crippen molar-refractivity contribution in [3.05, 3.63) is 64.8 Å². The molecule has 9 heteroatoms. The van der Waals surface area contributed by atoms with Crippen LogP contribution in [0.5, 0.6) is 0 Å². The van der Waals surface area contributed by atoms with Gasteiger partial charge in [-0.3, -0.25) is 10.2 Å². The van der Waals surface area contributed by atoms with Crippen molar-refractivity contribution in [2.45, 2.75) is 51.2 Å². The molecule has 3 aromatic rings. The highest BCUT2D eigenvalue weighted by molar-refractivity contribution is 6.09. The van der Waals surface area contributed by atoms with Gasteiger partial charge in [0, 0.05) is 29.6 Å². The second-order valence-electron chi connectivity index (χ2n) is 9.00. The zero-order valence-corrected chi connectivity index (χ0v) is 19.8. The first-order valence-electron chi connectivity index (χ1n) is 11.9. The summed E-state index contributed by atoms with van der Waals surface area (Å²) in [6.45, 7) is 2.41. The molecule has 1 saturated carbocycles. The van der Waals surface area contributed by atoms with Crippen LogP contribution in [0.25, 0.3) is 10.9 Å². The smallest absolute Gasteiger partial charge is 0.338 e. The fourth-order valence-electron chi connectivity index (χ4n) is 4.61. The van der Waals surface area contributed by atoms with Crippen molar-refractivity contribution in [1.29, 1.82) is 5.41 Å². The summed E-state index contributed by atoms with van der Waals surface area (Å²) in [7, 11) is 0. The highest BCUT2D eigenvalue weighted by Gasteiger charge is 2.26. The molecule has 4 rings (SSSR count). The first-order valence-corrected chi connectivity index (χ1v) is 11.9. The van der Waals surface area contributed by atoms with Gasteiger partial charge < -0.3 is 31.8 Å². The third-order valence-corrected chi connectivity index (χ3v) is 6.54. The van der Waals surface area contributed by atoms with Crippen LogP contribution in [0.3, 0.4) is 0 Å². The van der Waals surface area contributed by atoms with Crippen LogP contribution in [0.4, 0.5) is 5.69 Å². The van der Waals surface area contributed by atoms with Crippen LogP contribution in [-0.4, -0.2) is 41.0 Å². The minimum atomic E-state index is -0.381. The number of hydrogen-bond donors (Lipinski definition) is 5. The minimum absolute atomic E-state index is 0.0461. The van der Waals surface area contributed by atoms with E-state index in [1.807, 2.05) is 16.7 Å². The second-order valence-corrected chi connectivity index (χ2v) is 9.00. The second kappa shape index (κ2) is 10.2. The van der Waals surface area contributed by atoms with Gasteiger partial charge >= 0.3 is 5.97 Å². The Kier molecular flexibility index (Phi) is 7.07. The number of nitrogens with zero attached hydrogens (tertiary/aromatic N) is 1. The van der Waals surface area contributed by atoms with Gasteiger partial charge in [-0.2, -0.15) is 0 Å². The maximum Gasteiger partial charge on any atom is 0.338 e. The molecule has 35 heavy (non-hydrogen) atoms. The number of amidine groups is 1. The predicted octanol–water partition coefficient (Wildman–Crippen LogP) is 2.73. The van der Waals surface area contributed by atoms with Gasteiger partial charge in [0.1, 0.15) is 11.5 Å².